The van der Waals surface area contributed by atoms with Crippen molar-refractivity contribution in [2.45, 2.75) is 25.8 Å². The van der Waals surface area contributed by atoms with Gasteiger partial charge in [0.15, 0.2) is 0 Å². The highest BCUT2D eigenvalue weighted by Gasteiger charge is 2.12. The van der Waals surface area contributed by atoms with E-state index in [4.69, 9.17) is 0 Å². The van der Waals surface area contributed by atoms with Crippen molar-refractivity contribution in [1.82, 2.24) is 9.05 Å². The van der Waals surface area contributed by atoms with Crippen LogP contribution in [-0.2, 0) is 17.8 Å². The highest BCUT2D eigenvalue weighted by molar-refractivity contribution is 6.05. The summed E-state index contributed by atoms with van der Waals surface area (Å²) in [6.45, 7) is 0.783. The molecule has 174 valence electrons. The smallest absolute Gasteiger partial charge is 0.255 e. The van der Waals surface area contributed by atoms with E-state index in [0.717, 1.165) is 39.6 Å². The van der Waals surface area contributed by atoms with E-state index in [1.165, 1.54) is 5.69 Å². The topological polar surface area (TPSA) is 51.1 Å². The average Bonchev–Trinajstić information content (AvgIpc) is 3.21. The van der Waals surface area contributed by atoms with Gasteiger partial charge in [0, 0.05) is 47.7 Å². The molecule has 0 saturated carbocycles. The maximum absolute atomic E-state index is 12.5. The zero-order valence-electron chi connectivity index (χ0n) is 20.1. The van der Waals surface area contributed by atoms with Gasteiger partial charge in [0.25, 0.3) is 5.91 Å². The molecule has 1 amide bonds. The molecule has 0 saturated heterocycles. The minimum absolute atomic E-state index is 0.120. The van der Waals surface area contributed by atoms with E-state index in [2.05, 4.69) is 55.3 Å². The van der Waals surface area contributed by atoms with E-state index >= 15 is 0 Å². The Morgan fingerprint density at radius 2 is 1.62 bits per heavy atom. The van der Waals surface area contributed by atoms with Gasteiger partial charge in [0.05, 0.1) is 21.1 Å². The number of rotatable bonds is 9. The fraction of sp³-hybridized carbons (Fsp3) is 0.241. The van der Waals surface area contributed by atoms with Gasteiger partial charge in [-0.2, -0.15) is 0 Å². The van der Waals surface area contributed by atoms with Crippen molar-refractivity contribution in [2.75, 3.05) is 26.5 Å². The fourth-order valence-electron chi connectivity index (χ4n) is 4.09. The lowest BCUT2D eigenvalue weighted by molar-refractivity contribution is -0.118. The van der Waals surface area contributed by atoms with Gasteiger partial charge < -0.3 is 9.88 Å². The highest BCUT2D eigenvalue weighted by atomic mass is 16.1. The number of hydrogen-bond acceptors (Lipinski definition) is 2. The van der Waals surface area contributed by atoms with E-state index in [9.17, 15) is 9.59 Å². The zero-order valence-corrected chi connectivity index (χ0v) is 20.1. The van der Waals surface area contributed by atoms with Crippen molar-refractivity contribution in [2.24, 2.45) is 0 Å². The van der Waals surface area contributed by atoms with Crippen molar-refractivity contribution in [3.8, 4) is 0 Å². The Morgan fingerprint density at radius 3 is 2.32 bits per heavy atom. The Balaban J connectivity index is 1.30. The minimum Gasteiger partial charge on any atom is -0.347 e. The monoisotopic (exact) mass is 454 g/mol. The first-order valence-corrected chi connectivity index (χ1v) is 11.7. The third-order valence-corrected chi connectivity index (χ3v) is 6.03. The summed E-state index contributed by atoms with van der Waals surface area (Å²) in [6, 6.07) is 25.5. The third kappa shape index (κ3) is 5.80. The second-order valence-corrected chi connectivity index (χ2v) is 9.60. The molecule has 0 aliphatic heterocycles. The summed E-state index contributed by atoms with van der Waals surface area (Å²) in [7, 11) is 6.39. The summed E-state index contributed by atoms with van der Waals surface area (Å²) in [5.41, 5.74) is 4.79. The van der Waals surface area contributed by atoms with Gasteiger partial charge in [-0.3, -0.25) is 14.1 Å². The molecule has 0 aliphatic rings. The number of ketones is 1. The largest absolute Gasteiger partial charge is 0.347 e. The van der Waals surface area contributed by atoms with Crippen LogP contribution in [0.3, 0.4) is 0 Å². The molecule has 1 N–H and O–H groups in total. The number of carbonyl (C=O) groups excluding carboxylic acids is 2. The second kappa shape index (κ2) is 10.1. The molecule has 4 rings (SSSR count). The number of amides is 1. The Bertz CT molecular complexity index is 1280. The minimum atomic E-state index is -0.120. The molecule has 3 aromatic carbocycles. The highest BCUT2D eigenvalue weighted by Crippen LogP contribution is 2.22. The number of quaternary nitrogens is 1. The van der Waals surface area contributed by atoms with Gasteiger partial charge in [-0.15, -0.1) is 0 Å². The molecule has 0 spiro atoms. The lowest BCUT2D eigenvalue weighted by Crippen LogP contribution is -2.34. The number of aryl methyl sites for hydroxylation is 1. The SMILES string of the molecule is C[N+](C)(C)c1ccc(CC(=O)CCCn2ccc3cc(NC(=O)c4ccccc4)ccc32)cc1. The lowest BCUT2D eigenvalue weighted by atomic mass is 10.0. The number of carbonyl (C=O) groups is 2. The predicted molar refractivity (Wildman–Crippen MR) is 140 cm³/mol. The molecule has 5 heteroatoms. The molecular weight excluding hydrogens is 422 g/mol. The molecule has 4 aromatic rings. The Morgan fingerprint density at radius 1 is 0.882 bits per heavy atom. The van der Waals surface area contributed by atoms with Crippen LogP contribution in [0.5, 0.6) is 0 Å². The number of Topliss-reactive ketones (excluding diaryl/α,β-unsaturated/α-hetero) is 1. The van der Waals surface area contributed by atoms with Crippen molar-refractivity contribution >= 4 is 34.0 Å². The summed E-state index contributed by atoms with van der Waals surface area (Å²) >= 11 is 0. The van der Waals surface area contributed by atoms with Crippen LogP contribution in [0, 0.1) is 0 Å². The molecule has 0 unspecified atom stereocenters. The summed E-state index contributed by atoms with van der Waals surface area (Å²) in [6.07, 6.45) is 3.88. The van der Waals surface area contributed by atoms with E-state index in [0.29, 0.717) is 18.4 Å². The first-order valence-electron chi connectivity index (χ1n) is 11.7. The molecule has 0 aliphatic carbocycles. The van der Waals surface area contributed by atoms with Gasteiger partial charge >= 0.3 is 0 Å². The first kappa shape index (κ1) is 23.5. The van der Waals surface area contributed by atoms with Crippen LogP contribution in [-0.4, -0.2) is 37.4 Å². The number of nitrogens with one attached hydrogen (secondary N) is 1. The van der Waals surface area contributed by atoms with Gasteiger partial charge in [0.1, 0.15) is 11.5 Å². The number of fused-ring (bicyclic) bond motifs is 1. The molecular formula is C29H32N3O2+. The molecule has 5 nitrogen and oxygen atoms in total. The molecule has 1 aromatic heterocycles. The Hall–Kier alpha value is -3.70. The van der Waals surface area contributed by atoms with Crippen LogP contribution in [0.25, 0.3) is 10.9 Å². The standard InChI is InChI=1S/C29H31N3O2/c1-32(2,3)26-14-11-22(12-15-26)20-27(33)10-7-18-31-19-17-24-21-25(13-16-28(24)31)30-29(34)23-8-5-4-6-9-23/h4-6,8-9,11-17,19,21H,7,10,18,20H2,1-3H3/p+1. The number of hydrogen-bond donors (Lipinski definition) is 1. The van der Waals surface area contributed by atoms with Crippen molar-refractivity contribution in [3.63, 3.8) is 0 Å². The van der Waals surface area contributed by atoms with Gasteiger partial charge in [-0.1, -0.05) is 30.3 Å². The van der Waals surface area contributed by atoms with Gasteiger partial charge in [-0.05, 0) is 60.5 Å². The Labute approximate surface area is 201 Å². The van der Waals surface area contributed by atoms with Gasteiger partial charge in [0.2, 0.25) is 0 Å². The fourth-order valence-corrected chi connectivity index (χ4v) is 4.09. The summed E-state index contributed by atoms with van der Waals surface area (Å²) in [4.78, 5) is 24.9. The normalized spacial score (nSPS) is 11.5. The first-order chi connectivity index (χ1) is 16.3. The van der Waals surface area contributed by atoms with Crippen molar-refractivity contribution in [1.29, 1.82) is 0 Å². The van der Waals surface area contributed by atoms with E-state index in [1.54, 1.807) is 12.1 Å². The van der Waals surface area contributed by atoms with E-state index in [-0.39, 0.29) is 11.7 Å². The number of benzene rings is 3. The van der Waals surface area contributed by atoms with E-state index < -0.39 is 0 Å². The molecule has 34 heavy (non-hydrogen) atoms. The van der Waals surface area contributed by atoms with Crippen LogP contribution in [0.15, 0.2) is 85.1 Å². The Kier molecular flexibility index (Phi) is 6.94. The average molecular weight is 455 g/mol. The van der Waals surface area contributed by atoms with Crippen LogP contribution in [0.4, 0.5) is 11.4 Å². The van der Waals surface area contributed by atoms with Crippen LogP contribution < -0.4 is 9.80 Å². The van der Waals surface area contributed by atoms with Crippen LogP contribution in [0.1, 0.15) is 28.8 Å². The maximum Gasteiger partial charge on any atom is 0.255 e. The van der Waals surface area contributed by atoms with Crippen molar-refractivity contribution < 1.29 is 9.59 Å². The molecule has 0 radical (unpaired) electrons. The molecule has 0 atom stereocenters. The maximum atomic E-state index is 12.5. The van der Waals surface area contributed by atoms with Crippen LogP contribution in [0.2, 0.25) is 0 Å². The molecule has 0 bridgehead atoms. The summed E-state index contributed by atoms with van der Waals surface area (Å²) in [5, 5.41) is 4.02. The quantitative estimate of drug-likeness (QED) is 0.331. The molecule has 0 fully saturated rings. The lowest BCUT2D eigenvalue weighted by Gasteiger charge is -2.23. The summed E-state index contributed by atoms with van der Waals surface area (Å²) in [5.74, 6) is 0.144. The number of aromatic nitrogens is 1. The van der Waals surface area contributed by atoms with Gasteiger partial charge in [-0.25, -0.2) is 0 Å². The van der Waals surface area contributed by atoms with E-state index in [1.807, 2.05) is 48.7 Å². The number of anilines is 1. The molecule has 1 heterocycles. The number of nitrogens with zero attached hydrogens (tertiary/aromatic N) is 2. The van der Waals surface area contributed by atoms with Crippen molar-refractivity contribution in [3.05, 3.63) is 96.2 Å². The van der Waals surface area contributed by atoms with Crippen LogP contribution >= 0.6 is 0 Å². The predicted octanol–water partition coefficient (Wildman–Crippen LogP) is 5.68. The third-order valence-electron chi connectivity index (χ3n) is 6.03. The second-order valence-electron chi connectivity index (χ2n) is 9.60. The zero-order chi connectivity index (χ0) is 24.1. The summed E-state index contributed by atoms with van der Waals surface area (Å²) < 4.78 is 2.93.